The van der Waals surface area contributed by atoms with E-state index in [9.17, 15) is 9.59 Å². The highest BCUT2D eigenvalue weighted by Gasteiger charge is 2.50. The standard InChI is InChI=1S/C23H28N2O3S.CH2O2/c1-16-13-19(29-20(16)17-7-5-4-6-8-17)21(26)25-11-9-23(10-12-25)14-18(15-24(2)3)28-22(23)27;2-1-3/h4-8,13,18H,9-12,14-15H2,1-3H3;1H,(H,2,3). The number of likely N-dealkylation sites (tertiary alicyclic amines) is 1. The molecule has 0 radical (unpaired) electrons. The Balaban J connectivity index is 0.000000913. The molecule has 1 atom stereocenters. The average molecular weight is 459 g/mol. The highest BCUT2D eigenvalue weighted by atomic mass is 32.1. The van der Waals surface area contributed by atoms with Crippen LogP contribution in [0.5, 0.6) is 0 Å². The number of ether oxygens (including phenoxy) is 1. The number of aryl methyl sites for hydroxylation is 1. The Morgan fingerprint density at radius 2 is 1.91 bits per heavy atom. The fraction of sp³-hybridized carbons (Fsp3) is 0.458. The van der Waals surface area contributed by atoms with Crippen LogP contribution in [0, 0.1) is 12.3 Å². The van der Waals surface area contributed by atoms with Gasteiger partial charge in [0, 0.05) is 30.9 Å². The topological polar surface area (TPSA) is 87.2 Å². The lowest BCUT2D eigenvalue weighted by atomic mass is 9.76. The molecule has 3 heterocycles. The summed E-state index contributed by atoms with van der Waals surface area (Å²) in [7, 11) is 3.99. The predicted octanol–water partition coefficient (Wildman–Crippen LogP) is 3.52. The fourth-order valence-electron chi connectivity index (χ4n) is 4.51. The number of likely N-dealkylation sites (N-methyl/N-ethyl adjacent to an activating group) is 1. The molecule has 2 aliphatic rings. The van der Waals surface area contributed by atoms with Gasteiger partial charge in [-0.2, -0.15) is 0 Å². The molecule has 1 N–H and O–H groups in total. The Hall–Kier alpha value is -2.71. The minimum absolute atomic E-state index is 0.0341. The Labute approximate surface area is 192 Å². The molecule has 1 aromatic carbocycles. The van der Waals surface area contributed by atoms with Gasteiger partial charge in [0.15, 0.2) is 0 Å². The first-order valence-corrected chi connectivity index (χ1v) is 11.5. The monoisotopic (exact) mass is 458 g/mol. The second-order valence-electron chi connectivity index (χ2n) is 8.66. The third-order valence-electron chi connectivity index (χ3n) is 6.07. The molecule has 2 saturated heterocycles. The van der Waals surface area contributed by atoms with Gasteiger partial charge < -0.3 is 19.6 Å². The lowest BCUT2D eigenvalue weighted by Gasteiger charge is -2.36. The van der Waals surface area contributed by atoms with Crippen molar-refractivity contribution in [3.8, 4) is 10.4 Å². The van der Waals surface area contributed by atoms with Crippen LogP contribution in [0.1, 0.15) is 34.5 Å². The predicted molar refractivity (Wildman–Crippen MR) is 124 cm³/mol. The van der Waals surface area contributed by atoms with Gasteiger partial charge in [-0.3, -0.25) is 14.4 Å². The highest BCUT2D eigenvalue weighted by molar-refractivity contribution is 7.17. The van der Waals surface area contributed by atoms with E-state index in [4.69, 9.17) is 14.6 Å². The van der Waals surface area contributed by atoms with Crippen LogP contribution in [0.25, 0.3) is 10.4 Å². The van der Waals surface area contributed by atoms with Gasteiger partial charge in [0.05, 0.1) is 10.3 Å². The first-order valence-electron chi connectivity index (χ1n) is 10.7. The first kappa shape index (κ1) is 23.9. The molecule has 172 valence electrons. The van der Waals surface area contributed by atoms with E-state index in [-0.39, 0.29) is 24.5 Å². The van der Waals surface area contributed by atoms with Crippen LogP contribution in [-0.2, 0) is 14.3 Å². The SMILES string of the molecule is Cc1cc(C(=O)N2CCC3(CC2)CC(CN(C)C)OC3=O)sc1-c1ccccc1.O=CO. The summed E-state index contributed by atoms with van der Waals surface area (Å²) in [5, 5.41) is 6.89. The minimum Gasteiger partial charge on any atom is -0.483 e. The number of hydrogen-bond donors (Lipinski definition) is 1. The van der Waals surface area contributed by atoms with Crippen molar-refractivity contribution in [1.82, 2.24) is 9.80 Å². The number of cyclic esters (lactones) is 1. The maximum Gasteiger partial charge on any atom is 0.312 e. The van der Waals surface area contributed by atoms with Crippen LogP contribution in [0.2, 0.25) is 0 Å². The van der Waals surface area contributed by atoms with Crippen LogP contribution < -0.4 is 0 Å². The molecule has 0 saturated carbocycles. The van der Waals surface area contributed by atoms with Gasteiger partial charge in [-0.25, -0.2) is 0 Å². The van der Waals surface area contributed by atoms with Gasteiger partial charge in [0.1, 0.15) is 6.10 Å². The molecule has 1 unspecified atom stereocenters. The van der Waals surface area contributed by atoms with Gasteiger partial charge in [0.2, 0.25) is 0 Å². The van der Waals surface area contributed by atoms with Crippen molar-refractivity contribution in [2.24, 2.45) is 5.41 Å². The smallest absolute Gasteiger partial charge is 0.312 e. The molecule has 7 nitrogen and oxygen atoms in total. The van der Waals surface area contributed by atoms with E-state index in [2.05, 4.69) is 24.0 Å². The molecule has 1 amide bonds. The average Bonchev–Trinajstić information content (AvgIpc) is 3.29. The molecule has 1 aromatic heterocycles. The first-order chi connectivity index (χ1) is 15.3. The fourth-order valence-corrected chi connectivity index (χ4v) is 5.66. The molecular weight excluding hydrogens is 428 g/mol. The Morgan fingerprint density at radius 1 is 1.28 bits per heavy atom. The van der Waals surface area contributed by atoms with Crippen LogP contribution in [0.3, 0.4) is 0 Å². The molecule has 0 aliphatic carbocycles. The van der Waals surface area contributed by atoms with E-state index in [1.807, 2.05) is 43.3 Å². The van der Waals surface area contributed by atoms with E-state index in [1.165, 1.54) is 0 Å². The van der Waals surface area contributed by atoms with Gasteiger partial charge in [-0.15, -0.1) is 11.3 Å². The van der Waals surface area contributed by atoms with Gasteiger partial charge in [-0.05, 0) is 51.1 Å². The van der Waals surface area contributed by atoms with Crippen molar-refractivity contribution < 1.29 is 24.2 Å². The molecule has 2 fully saturated rings. The minimum atomic E-state index is -0.405. The number of thiophene rings is 1. The van der Waals surface area contributed by atoms with E-state index < -0.39 is 5.41 Å². The number of carboxylic acid groups (broad SMARTS) is 1. The largest absolute Gasteiger partial charge is 0.483 e. The zero-order valence-corrected chi connectivity index (χ0v) is 19.6. The summed E-state index contributed by atoms with van der Waals surface area (Å²) < 4.78 is 5.63. The molecule has 1 spiro atoms. The lowest BCUT2D eigenvalue weighted by Crippen LogP contribution is -2.45. The number of piperidine rings is 1. The summed E-state index contributed by atoms with van der Waals surface area (Å²) in [6.45, 7) is 3.79. The van der Waals surface area contributed by atoms with Crippen molar-refractivity contribution in [2.75, 3.05) is 33.7 Å². The number of amides is 1. The maximum absolute atomic E-state index is 13.1. The van der Waals surface area contributed by atoms with Crippen LogP contribution in [0.4, 0.5) is 0 Å². The quantitative estimate of drug-likeness (QED) is 0.557. The summed E-state index contributed by atoms with van der Waals surface area (Å²) >= 11 is 1.56. The van der Waals surface area contributed by atoms with Gasteiger partial charge >= 0.3 is 5.97 Å². The second kappa shape index (κ2) is 10.3. The highest BCUT2D eigenvalue weighted by Crippen LogP contribution is 2.43. The molecule has 8 heteroatoms. The summed E-state index contributed by atoms with van der Waals surface area (Å²) in [6.07, 6.45) is 2.12. The van der Waals surface area contributed by atoms with Crippen molar-refractivity contribution in [3.63, 3.8) is 0 Å². The zero-order chi connectivity index (χ0) is 23.3. The molecule has 32 heavy (non-hydrogen) atoms. The summed E-state index contributed by atoms with van der Waals surface area (Å²) in [5.41, 5.74) is 1.87. The Morgan fingerprint density at radius 3 is 2.50 bits per heavy atom. The number of rotatable bonds is 4. The van der Waals surface area contributed by atoms with Crippen LogP contribution in [0.15, 0.2) is 36.4 Å². The van der Waals surface area contributed by atoms with Gasteiger partial charge in [-0.1, -0.05) is 30.3 Å². The summed E-state index contributed by atoms with van der Waals surface area (Å²) in [6, 6.07) is 12.2. The Kier molecular flexibility index (Phi) is 7.69. The van der Waals surface area contributed by atoms with Crippen LogP contribution in [-0.4, -0.2) is 73.1 Å². The van der Waals surface area contributed by atoms with E-state index in [1.54, 1.807) is 11.3 Å². The van der Waals surface area contributed by atoms with Crippen molar-refractivity contribution in [1.29, 1.82) is 0 Å². The number of hydrogen-bond acceptors (Lipinski definition) is 6. The van der Waals surface area contributed by atoms with Crippen molar-refractivity contribution in [3.05, 3.63) is 46.8 Å². The maximum atomic E-state index is 13.1. The normalized spacial score (nSPS) is 19.4. The molecule has 4 rings (SSSR count). The number of benzene rings is 1. The lowest BCUT2D eigenvalue weighted by molar-refractivity contribution is -0.150. The number of carbonyl (C=O) groups excluding carboxylic acids is 2. The third kappa shape index (κ3) is 5.19. The van der Waals surface area contributed by atoms with Crippen LogP contribution >= 0.6 is 11.3 Å². The number of carbonyl (C=O) groups is 3. The summed E-state index contributed by atoms with van der Waals surface area (Å²) in [4.78, 5) is 39.9. The van der Waals surface area contributed by atoms with E-state index >= 15 is 0 Å². The zero-order valence-electron chi connectivity index (χ0n) is 18.7. The second-order valence-corrected chi connectivity index (χ2v) is 9.71. The molecular formula is C24H30N2O5S. The molecule has 2 aromatic rings. The third-order valence-corrected chi connectivity index (χ3v) is 7.34. The van der Waals surface area contributed by atoms with Gasteiger partial charge in [0.25, 0.3) is 12.4 Å². The summed E-state index contributed by atoms with van der Waals surface area (Å²) in [5.74, 6) is 0.00104. The Bertz CT molecular complexity index is 949. The molecule has 2 aliphatic heterocycles. The van der Waals surface area contributed by atoms with Crippen molar-refractivity contribution in [2.45, 2.75) is 32.3 Å². The molecule has 0 bridgehead atoms. The number of esters is 1. The van der Waals surface area contributed by atoms with E-state index in [0.717, 1.165) is 33.8 Å². The van der Waals surface area contributed by atoms with Crippen molar-refractivity contribution >= 4 is 29.7 Å². The number of nitrogens with zero attached hydrogens (tertiary/aromatic N) is 2. The van der Waals surface area contributed by atoms with E-state index in [0.29, 0.717) is 25.9 Å².